The molecule has 0 spiro atoms. The average molecular weight is 505 g/mol. The smallest absolute Gasteiger partial charge is 0.267 e. The van der Waals surface area contributed by atoms with Crippen molar-refractivity contribution in [3.8, 4) is 46.3 Å². The molecule has 0 saturated carbocycles. The van der Waals surface area contributed by atoms with Crippen LogP contribution in [0.2, 0.25) is 0 Å². The summed E-state index contributed by atoms with van der Waals surface area (Å²) in [6.07, 6.45) is 3.26. The molecule has 0 fully saturated rings. The van der Waals surface area contributed by atoms with Crippen molar-refractivity contribution >= 4 is 0 Å². The van der Waals surface area contributed by atoms with Gasteiger partial charge in [0.15, 0.2) is 11.6 Å². The first kappa shape index (κ1) is 26.3. The summed E-state index contributed by atoms with van der Waals surface area (Å²) < 4.78 is 7.05. The van der Waals surface area contributed by atoms with Gasteiger partial charge in [-0.1, -0.05) is 56.0 Å². The number of rotatable bonds is 9. The zero-order chi connectivity index (χ0) is 26.7. The Morgan fingerprint density at radius 2 is 1.71 bits per heavy atom. The molecule has 8 heteroatoms. The molecule has 0 aliphatic heterocycles. The molecule has 0 N–H and O–H groups in total. The Balaban J connectivity index is 1.44. The van der Waals surface area contributed by atoms with Gasteiger partial charge in [-0.2, -0.15) is 10.4 Å². The minimum Gasteiger partial charge on any atom is -0.478 e. The normalized spacial score (nSPS) is 10.5. The summed E-state index contributed by atoms with van der Waals surface area (Å²) in [6.45, 7) is 7.46. The van der Waals surface area contributed by atoms with Crippen LogP contribution in [0.4, 0.5) is 0 Å². The predicted octanol–water partition coefficient (Wildman–Crippen LogP) is 4.01. The van der Waals surface area contributed by atoms with Crippen molar-refractivity contribution in [2.24, 2.45) is 0 Å². The van der Waals surface area contributed by atoms with Crippen LogP contribution < -0.4 is 10.3 Å². The summed E-state index contributed by atoms with van der Waals surface area (Å²) in [5.41, 5.74) is 3.42. The second-order valence-electron chi connectivity index (χ2n) is 8.45. The first-order chi connectivity index (χ1) is 18.6. The van der Waals surface area contributed by atoms with Gasteiger partial charge in [0.1, 0.15) is 6.61 Å². The van der Waals surface area contributed by atoms with Crippen molar-refractivity contribution in [2.75, 3.05) is 26.2 Å². The summed E-state index contributed by atoms with van der Waals surface area (Å²) in [6, 6.07) is 20.1. The standard InChI is InChI=1S/C30H28N6O2/c1-3-35(4-2)15-5-6-16-38-27-20-32-30(33-21-27)26-12-8-10-24(18-26)22-36-29(37)14-13-28(34-36)25-11-7-9-23(17-25)19-31/h7-14,17-18,20-21H,3-4,15-16,22H2,1-2H3. The molecule has 0 saturated heterocycles. The third-order valence-corrected chi connectivity index (χ3v) is 5.93. The molecule has 8 nitrogen and oxygen atoms in total. The number of nitriles is 1. The van der Waals surface area contributed by atoms with Gasteiger partial charge >= 0.3 is 0 Å². The van der Waals surface area contributed by atoms with Crippen molar-refractivity contribution in [1.82, 2.24) is 24.6 Å². The zero-order valence-electron chi connectivity index (χ0n) is 21.5. The lowest BCUT2D eigenvalue weighted by Crippen LogP contribution is -2.22. The molecule has 38 heavy (non-hydrogen) atoms. The van der Waals surface area contributed by atoms with E-state index in [1.807, 2.05) is 30.3 Å². The van der Waals surface area contributed by atoms with E-state index in [2.05, 4.69) is 51.7 Å². The third kappa shape index (κ3) is 6.91. The maximum Gasteiger partial charge on any atom is 0.267 e. The maximum atomic E-state index is 12.5. The first-order valence-electron chi connectivity index (χ1n) is 12.4. The van der Waals surface area contributed by atoms with Gasteiger partial charge in [0.2, 0.25) is 0 Å². The van der Waals surface area contributed by atoms with E-state index in [1.165, 1.54) is 10.7 Å². The topological polar surface area (TPSA) is 96.9 Å². The van der Waals surface area contributed by atoms with Crippen LogP contribution in [0.15, 0.2) is 77.9 Å². The Morgan fingerprint density at radius 3 is 2.47 bits per heavy atom. The third-order valence-electron chi connectivity index (χ3n) is 5.93. The summed E-state index contributed by atoms with van der Waals surface area (Å²) in [4.78, 5) is 23.6. The molecule has 2 aromatic carbocycles. The van der Waals surface area contributed by atoms with Gasteiger partial charge in [-0.15, -0.1) is 0 Å². The minimum absolute atomic E-state index is 0.214. The van der Waals surface area contributed by atoms with Gasteiger partial charge in [-0.3, -0.25) is 9.69 Å². The van der Waals surface area contributed by atoms with Crippen LogP contribution in [0.25, 0.3) is 22.6 Å². The van der Waals surface area contributed by atoms with Gasteiger partial charge in [0.05, 0.1) is 42.8 Å². The van der Waals surface area contributed by atoms with E-state index >= 15 is 0 Å². The van der Waals surface area contributed by atoms with Crippen LogP contribution >= 0.6 is 0 Å². The van der Waals surface area contributed by atoms with Gasteiger partial charge in [-0.25, -0.2) is 14.6 Å². The molecule has 0 radical (unpaired) electrons. The Kier molecular flexibility index (Phi) is 8.96. The highest BCUT2D eigenvalue weighted by Crippen LogP contribution is 2.20. The Morgan fingerprint density at radius 1 is 0.947 bits per heavy atom. The number of ether oxygens (including phenoxy) is 1. The number of aromatic nitrogens is 4. The van der Waals surface area contributed by atoms with Crippen LogP contribution in [0.1, 0.15) is 25.0 Å². The number of hydrogen-bond acceptors (Lipinski definition) is 7. The largest absolute Gasteiger partial charge is 0.478 e. The summed E-state index contributed by atoms with van der Waals surface area (Å²) in [5, 5.41) is 13.7. The summed E-state index contributed by atoms with van der Waals surface area (Å²) >= 11 is 0. The predicted molar refractivity (Wildman–Crippen MR) is 146 cm³/mol. The van der Waals surface area contributed by atoms with Gasteiger partial charge in [0.25, 0.3) is 5.56 Å². The van der Waals surface area contributed by atoms with Crippen LogP contribution in [-0.4, -0.2) is 50.9 Å². The molecule has 0 amide bonds. The highest BCUT2D eigenvalue weighted by atomic mass is 16.5. The Hall–Kier alpha value is -4.79. The minimum atomic E-state index is -0.214. The molecule has 4 rings (SSSR count). The lowest BCUT2D eigenvalue weighted by molar-refractivity contribution is 0.341. The fourth-order valence-corrected chi connectivity index (χ4v) is 3.77. The molecule has 2 aromatic heterocycles. The second-order valence-corrected chi connectivity index (χ2v) is 8.45. The lowest BCUT2D eigenvalue weighted by Gasteiger charge is -2.13. The molecule has 0 atom stereocenters. The molecular formula is C30H28N6O2. The second kappa shape index (κ2) is 13.0. The lowest BCUT2D eigenvalue weighted by atomic mass is 10.1. The van der Waals surface area contributed by atoms with Crippen LogP contribution in [0.3, 0.4) is 0 Å². The molecule has 0 aliphatic rings. The average Bonchev–Trinajstić information content (AvgIpc) is 2.96. The van der Waals surface area contributed by atoms with E-state index in [9.17, 15) is 10.1 Å². The van der Waals surface area contributed by atoms with Crippen LogP contribution in [-0.2, 0) is 6.54 Å². The fraction of sp³-hybridized carbons (Fsp3) is 0.233. The van der Waals surface area contributed by atoms with E-state index in [0.29, 0.717) is 22.8 Å². The quantitative estimate of drug-likeness (QED) is 0.318. The van der Waals surface area contributed by atoms with Crippen molar-refractivity contribution in [1.29, 1.82) is 5.26 Å². The van der Waals surface area contributed by atoms with E-state index in [-0.39, 0.29) is 18.7 Å². The van der Waals surface area contributed by atoms with Crippen molar-refractivity contribution in [3.05, 3.63) is 94.5 Å². The maximum absolute atomic E-state index is 12.5. The monoisotopic (exact) mass is 504 g/mol. The molecule has 190 valence electrons. The fourth-order valence-electron chi connectivity index (χ4n) is 3.77. The molecule has 2 heterocycles. The molecule has 0 unspecified atom stereocenters. The highest BCUT2D eigenvalue weighted by Gasteiger charge is 2.08. The molecule has 4 aromatic rings. The Bertz CT molecular complexity index is 1540. The van der Waals surface area contributed by atoms with E-state index in [4.69, 9.17) is 4.74 Å². The first-order valence-corrected chi connectivity index (χ1v) is 12.4. The molecule has 0 bridgehead atoms. The number of benzene rings is 2. The van der Waals surface area contributed by atoms with E-state index in [1.54, 1.807) is 36.7 Å². The molecule has 0 aliphatic carbocycles. The molecular weight excluding hydrogens is 476 g/mol. The summed E-state index contributed by atoms with van der Waals surface area (Å²) in [5.74, 6) is 7.23. The number of hydrogen-bond donors (Lipinski definition) is 0. The highest BCUT2D eigenvalue weighted by molar-refractivity contribution is 5.60. The van der Waals surface area contributed by atoms with Crippen LogP contribution in [0.5, 0.6) is 5.75 Å². The van der Waals surface area contributed by atoms with E-state index in [0.717, 1.165) is 36.3 Å². The van der Waals surface area contributed by atoms with Gasteiger partial charge < -0.3 is 4.74 Å². The van der Waals surface area contributed by atoms with Crippen molar-refractivity contribution in [2.45, 2.75) is 20.4 Å². The van der Waals surface area contributed by atoms with E-state index < -0.39 is 0 Å². The van der Waals surface area contributed by atoms with Gasteiger partial charge in [-0.05, 0) is 42.9 Å². The zero-order valence-corrected chi connectivity index (χ0v) is 21.5. The SMILES string of the molecule is CCN(CC)CC#CCOc1cnc(-c2cccc(Cn3nc(-c4cccc(C#N)c4)ccc3=O)c2)nc1. The number of nitrogens with zero attached hydrogens (tertiary/aromatic N) is 6. The Labute approximate surface area is 222 Å². The van der Waals surface area contributed by atoms with Crippen molar-refractivity contribution in [3.63, 3.8) is 0 Å². The summed E-state index contributed by atoms with van der Waals surface area (Å²) in [7, 11) is 0. The van der Waals surface area contributed by atoms with Crippen LogP contribution in [0, 0.1) is 23.2 Å². The van der Waals surface area contributed by atoms with Crippen molar-refractivity contribution < 1.29 is 4.74 Å². The van der Waals surface area contributed by atoms with Gasteiger partial charge in [0, 0.05) is 17.2 Å².